The lowest BCUT2D eigenvalue weighted by atomic mass is 10.1. The SMILES string of the molecule is CCCCc1ccc(NC(=O)c2ccc(N)cc2Cl)cc1. The number of nitrogen functional groups attached to an aromatic ring is 1. The molecule has 2 aromatic carbocycles. The molecule has 110 valence electrons. The minimum absolute atomic E-state index is 0.235. The highest BCUT2D eigenvalue weighted by Gasteiger charge is 2.10. The number of benzene rings is 2. The van der Waals surface area contributed by atoms with Gasteiger partial charge < -0.3 is 11.1 Å². The molecule has 0 aromatic heterocycles. The third kappa shape index (κ3) is 4.23. The van der Waals surface area contributed by atoms with Crippen LogP contribution in [0.3, 0.4) is 0 Å². The van der Waals surface area contributed by atoms with Crippen molar-refractivity contribution >= 4 is 28.9 Å². The molecule has 0 atom stereocenters. The smallest absolute Gasteiger partial charge is 0.257 e. The van der Waals surface area contributed by atoms with Crippen molar-refractivity contribution in [3.8, 4) is 0 Å². The summed E-state index contributed by atoms with van der Waals surface area (Å²) >= 11 is 6.03. The van der Waals surface area contributed by atoms with Gasteiger partial charge in [0.25, 0.3) is 5.91 Å². The second-order valence-electron chi connectivity index (χ2n) is 4.99. The zero-order chi connectivity index (χ0) is 15.2. The fourth-order valence-corrected chi connectivity index (χ4v) is 2.32. The van der Waals surface area contributed by atoms with E-state index in [1.807, 2.05) is 24.3 Å². The number of nitrogens with one attached hydrogen (secondary N) is 1. The second kappa shape index (κ2) is 7.14. The molecule has 0 radical (unpaired) electrons. The molecule has 4 heteroatoms. The minimum atomic E-state index is -0.235. The molecular weight excluding hydrogens is 284 g/mol. The molecule has 0 fully saturated rings. The topological polar surface area (TPSA) is 55.1 Å². The lowest BCUT2D eigenvalue weighted by Crippen LogP contribution is -2.12. The van der Waals surface area contributed by atoms with Crippen molar-refractivity contribution in [2.75, 3.05) is 11.1 Å². The van der Waals surface area contributed by atoms with Crippen molar-refractivity contribution in [3.05, 3.63) is 58.6 Å². The van der Waals surface area contributed by atoms with Crippen LogP contribution in [-0.2, 0) is 6.42 Å². The van der Waals surface area contributed by atoms with Gasteiger partial charge in [-0.15, -0.1) is 0 Å². The van der Waals surface area contributed by atoms with Crippen molar-refractivity contribution in [1.82, 2.24) is 0 Å². The molecule has 0 saturated carbocycles. The Morgan fingerprint density at radius 3 is 2.52 bits per heavy atom. The maximum absolute atomic E-state index is 12.2. The number of halogens is 1. The van der Waals surface area contributed by atoms with E-state index in [4.69, 9.17) is 17.3 Å². The molecule has 0 heterocycles. The van der Waals surface area contributed by atoms with Gasteiger partial charge in [0.1, 0.15) is 0 Å². The maximum atomic E-state index is 12.2. The Morgan fingerprint density at radius 1 is 1.19 bits per heavy atom. The van der Waals surface area contributed by atoms with Crippen LogP contribution in [-0.4, -0.2) is 5.91 Å². The third-order valence-electron chi connectivity index (χ3n) is 3.27. The lowest BCUT2D eigenvalue weighted by molar-refractivity contribution is 0.102. The normalized spacial score (nSPS) is 10.4. The Balaban J connectivity index is 2.05. The van der Waals surface area contributed by atoms with Gasteiger partial charge >= 0.3 is 0 Å². The highest BCUT2D eigenvalue weighted by molar-refractivity contribution is 6.34. The second-order valence-corrected chi connectivity index (χ2v) is 5.40. The summed E-state index contributed by atoms with van der Waals surface area (Å²) in [4.78, 5) is 12.2. The number of rotatable bonds is 5. The zero-order valence-electron chi connectivity index (χ0n) is 12.0. The van der Waals surface area contributed by atoms with Crippen LogP contribution in [0.1, 0.15) is 35.7 Å². The number of hydrogen-bond acceptors (Lipinski definition) is 2. The first-order valence-corrected chi connectivity index (χ1v) is 7.43. The summed E-state index contributed by atoms with van der Waals surface area (Å²) in [5.41, 5.74) is 8.61. The molecule has 0 saturated heterocycles. The standard InChI is InChI=1S/C17H19ClN2O/c1-2-3-4-12-5-8-14(9-6-12)20-17(21)15-10-7-13(19)11-16(15)18/h5-11H,2-4,19H2,1H3,(H,20,21). The minimum Gasteiger partial charge on any atom is -0.399 e. The van der Waals surface area contributed by atoms with E-state index in [0.717, 1.165) is 12.1 Å². The van der Waals surface area contributed by atoms with Gasteiger partial charge in [-0.3, -0.25) is 4.79 Å². The van der Waals surface area contributed by atoms with Crippen LogP contribution in [0.2, 0.25) is 5.02 Å². The maximum Gasteiger partial charge on any atom is 0.257 e. The van der Waals surface area contributed by atoms with Gasteiger partial charge in [-0.25, -0.2) is 0 Å². The lowest BCUT2D eigenvalue weighted by Gasteiger charge is -2.08. The summed E-state index contributed by atoms with van der Waals surface area (Å²) in [6.45, 7) is 2.17. The Labute approximate surface area is 130 Å². The number of aryl methyl sites for hydroxylation is 1. The van der Waals surface area contributed by atoms with Crippen LogP contribution in [0, 0.1) is 0 Å². The largest absolute Gasteiger partial charge is 0.399 e. The van der Waals surface area contributed by atoms with Crippen molar-refractivity contribution in [1.29, 1.82) is 0 Å². The summed E-state index contributed by atoms with van der Waals surface area (Å²) in [7, 11) is 0. The van der Waals surface area contributed by atoms with Gasteiger partial charge in [0.05, 0.1) is 10.6 Å². The van der Waals surface area contributed by atoms with E-state index < -0.39 is 0 Å². The van der Waals surface area contributed by atoms with Crippen LogP contribution < -0.4 is 11.1 Å². The van der Waals surface area contributed by atoms with E-state index in [-0.39, 0.29) is 5.91 Å². The van der Waals surface area contributed by atoms with Crippen molar-refractivity contribution in [2.45, 2.75) is 26.2 Å². The van der Waals surface area contributed by atoms with E-state index in [9.17, 15) is 4.79 Å². The molecule has 0 aliphatic rings. The summed E-state index contributed by atoms with van der Waals surface area (Å²) in [6, 6.07) is 12.8. The molecule has 2 rings (SSSR count). The van der Waals surface area contributed by atoms with Gasteiger partial charge in [0.15, 0.2) is 0 Å². The van der Waals surface area contributed by atoms with Gasteiger partial charge in [-0.2, -0.15) is 0 Å². The average molecular weight is 303 g/mol. The quantitative estimate of drug-likeness (QED) is 0.798. The Hall–Kier alpha value is -2.00. The number of carbonyl (C=O) groups excluding carboxylic acids is 1. The number of nitrogens with two attached hydrogens (primary N) is 1. The van der Waals surface area contributed by atoms with Gasteiger partial charge in [-0.1, -0.05) is 37.1 Å². The van der Waals surface area contributed by atoms with Crippen LogP contribution in [0.15, 0.2) is 42.5 Å². The number of unbranched alkanes of at least 4 members (excludes halogenated alkanes) is 1. The van der Waals surface area contributed by atoms with Crippen molar-refractivity contribution < 1.29 is 4.79 Å². The Kier molecular flexibility index (Phi) is 5.23. The summed E-state index contributed by atoms with van der Waals surface area (Å²) in [5.74, 6) is -0.235. The molecule has 1 amide bonds. The first kappa shape index (κ1) is 15.4. The third-order valence-corrected chi connectivity index (χ3v) is 3.58. The van der Waals surface area contributed by atoms with Gasteiger partial charge in [-0.05, 0) is 48.7 Å². The summed E-state index contributed by atoms with van der Waals surface area (Å²) < 4.78 is 0. The molecular formula is C17H19ClN2O. The van der Waals surface area contributed by atoms with E-state index in [1.54, 1.807) is 18.2 Å². The molecule has 0 spiro atoms. The predicted octanol–water partition coefficient (Wildman–Crippen LogP) is 4.52. The zero-order valence-corrected chi connectivity index (χ0v) is 12.8. The highest BCUT2D eigenvalue weighted by Crippen LogP contribution is 2.21. The number of anilines is 2. The van der Waals surface area contributed by atoms with Gasteiger partial charge in [0.2, 0.25) is 0 Å². The summed E-state index contributed by atoms with van der Waals surface area (Å²) in [6.07, 6.45) is 3.41. The van der Waals surface area contributed by atoms with Crippen LogP contribution in [0.5, 0.6) is 0 Å². The van der Waals surface area contributed by atoms with E-state index in [1.165, 1.54) is 18.4 Å². The Morgan fingerprint density at radius 2 is 1.90 bits per heavy atom. The fraction of sp³-hybridized carbons (Fsp3) is 0.235. The molecule has 0 unspecified atom stereocenters. The van der Waals surface area contributed by atoms with Crippen molar-refractivity contribution in [2.24, 2.45) is 0 Å². The fourth-order valence-electron chi connectivity index (χ4n) is 2.05. The molecule has 0 bridgehead atoms. The highest BCUT2D eigenvalue weighted by atomic mass is 35.5. The first-order valence-electron chi connectivity index (χ1n) is 7.05. The summed E-state index contributed by atoms with van der Waals surface area (Å²) in [5, 5.41) is 3.19. The first-order chi connectivity index (χ1) is 10.1. The molecule has 0 aliphatic heterocycles. The monoisotopic (exact) mass is 302 g/mol. The average Bonchev–Trinajstić information content (AvgIpc) is 2.46. The molecule has 21 heavy (non-hydrogen) atoms. The van der Waals surface area contributed by atoms with Gasteiger partial charge in [0, 0.05) is 11.4 Å². The van der Waals surface area contributed by atoms with Crippen molar-refractivity contribution in [3.63, 3.8) is 0 Å². The van der Waals surface area contributed by atoms with Crippen LogP contribution in [0.4, 0.5) is 11.4 Å². The number of carbonyl (C=O) groups is 1. The Bertz CT molecular complexity index is 623. The predicted molar refractivity (Wildman–Crippen MR) is 88.9 cm³/mol. The van der Waals surface area contributed by atoms with E-state index >= 15 is 0 Å². The van der Waals surface area contributed by atoms with Crippen LogP contribution in [0.25, 0.3) is 0 Å². The number of amides is 1. The van der Waals surface area contributed by atoms with Crippen LogP contribution >= 0.6 is 11.6 Å². The number of hydrogen-bond donors (Lipinski definition) is 2. The molecule has 3 N–H and O–H groups in total. The van der Waals surface area contributed by atoms with E-state index in [2.05, 4.69) is 12.2 Å². The molecule has 2 aromatic rings. The molecule has 0 aliphatic carbocycles. The molecule has 3 nitrogen and oxygen atoms in total. The van der Waals surface area contributed by atoms with E-state index in [0.29, 0.717) is 16.3 Å².